The molecule has 5 nitrogen and oxygen atoms in total. The maximum atomic E-state index is 12.8. The molecule has 0 radical (unpaired) electrons. The van der Waals surface area contributed by atoms with Gasteiger partial charge in [0.05, 0.1) is 0 Å². The Bertz CT molecular complexity index is 1100. The van der Waals surface area contributed by atoms with Crippen molar-refractivity contribution in [1.82, 2.24) is 14.8 Å². The number of hydrogen-bond acceptors (Lipinski definition) is 4. The molecule has 2 aromatic carbocycles. The van der Waals surface area contributed by atoms with Gasteiger partial charge in [0.1, 0.15) is 5.75 Å². The van der Waals surface area contributed by atoms with E-state index in [9.17, 15) is 4.79 Å². The van der Waals surface area contributed by atoms with Gasteiger partial charge in [-0.1, -0.05) is 29.8 Å². The minimum absolute atomic E-state index is 0.122. The summed E-state index contributed by atoms with van der Waals surface area (Å²) >= 11 is 5.97. The molecule has 0 aliphatic carbocycles. The second-order valence-corrected chi connectivity index (χ2v) is 9.93. The van der Waals surface area contributed by atoms with Crippen molar-refractivity contribution in [2.75, 3.05) is 26.2 Å². The van der Waals surface area contributed by atoms with E-state index in [1.807, 2.05) is 47.4 Å². The molecule has 2 fully saturated rings. The molecule has 2 aliphatic heterocycles. The van der Waals surface area contributed by atoms with Crippen LogP contribution in [0.5, 0.6) is 11.6 Å². The second-order valence-electron chi connectivity index (χ2n) is 9.49. The lowest BCUT2D eigenvalue weighted by Gasteiger charge is -2.47. The Morgan fingerprint density at radius 1 is 0.912 bits per heavy atom. The third-order valence-electron chi connectivity index (χ3n) is 7.28. The van der Waals surface area contributed by atoms with Crippen LogP contribution in [0.3, 0.4) is 0 Å². The summed E-state index contributed by atoms with van der Waals surface area (Å²) in [6, 6.07) is 21.2. The van der Waals surface area contributed by atoms with Crippen LogP contribution in [-0.4, -0.2) is 46.9 Å². The van der Waals surface area contributed by atoms with E-state index in [1.165, 1.54) is 18.4 Å². The first-order valence-corrected chi connectivity index (χ1v) is 12.4. The number of hydrogen-bond donors (Lipinski definition) is 0. The topological polar surface area (TPSA) is 45.7 Å². The highest BCUT2D eigenvalue weighted by Gasteiger charge is 2.38. The summed E-state index contributed by atoms with van der Waals surface area (Å²) in [5.41, 5.74) is 2.36. The number of aromatic nitrogens is 1. The molecule has 34 heavy (non-hydrogen) atoms. The Balaban J connectivity index is 1.12. The monoisotopic (exact) mass is 475 g/mol. The van der Waals surface area contributed by atoms with Crippen molar-refractivity contribution in [3.8, 4) is 11.6 Å². The number of benzene rings is 2. The van der Waals surface area contributed by atoms with Crippen LogP contribution in [0.2, 0.25) is 5.02 Å². The standard InChI is InChI=1S/C28H30ClN3O2/c29-24-9-7-23(8-10-24)27(33)32-18-13-28(14-19-32)11-16-31(17-12-28)21-22-4-3-5-25(20-22)34-26-6-1-2-15-30-26/h1-10,15,20H,11-14,16-19,21H2. The zero-order valence-electron chi connectivity index (χ0n) is 19.3. The third-order valence-corrected chi connectivity index (χ3v) is 7.54. The normalized spacial score (nSPS) is 18.1. The quantitative estimate of drug-likeness (QED) is 0.451. The molecule has 1 spiro atoms. The molecule has 1 amide bonds. The summed E-state index contributed by atoms with van der Waals surface area (Å²) in [5, 5.41) is 0.661. The van der Waals surface area contributed by atoms with E-state index in [2.05, 4.69) is 22.0 Å². The van der Waals surface area contributed by atoms with E-state index >= 15 is 0 Å². The molecule has 0 atom stereocenters. The number of rotatable bonds is 5. The second kappa shape index (κ2) is 10.2. The van der Waals surface area contributed by atoms with Gasteiger partial charge >= 0.3 is 0 Å². The smallest absolute Gasteiger partial charge is 0.253 e. The van der Waals surface area contributed by atoms with Gasteiger partial charge in [-0.2, -0.15) is 0 Å². The summed E-state index contributed by atoms with van der Waals surface area (Å²) in [6.45, 7) is 4.80. The predicted octanol–water partition coefficient (Wildman–Crippen LogP) is 6.05. The minimum atomic E-state index is 0.122. The average Bonchev–Trinajstić information content (AvgIpc) is 2.87. The summed E-state index contributed by atoms with van der Waals surface area (Å²) in [5.74, 6) is 1.56. The number of ether oxygens (including phenoxy) is 1. The van der Waals surface area contributed by atoms with Crippen LogP contribution in [0, 0.1) is 5.41 Å². The number of amides is 1. The molecule has 176 valence electrons. The molecule has 0 unspecified atom stereocenters. The number of pyridine rings is 1. The Morgan fingerprint density at radius 3 is 2.35 bits per heavy atom. The van der Waals surface area contributed by atoms with E-state index in [1.54, 1.807) is 18.3 Å². The third kappa shape index (κ3) is 5.43. The van der Waals surface area contributed by atoms with Crippen molar-refractivity contribution in [3.05, 3.63) is 89.1 Å². The number of halogens is 1. The lowest BCUT2D eigenvalue weighted by molar-refractivity contribution is 0.0285. The minimum Gasteiger partial charge on any atom is -0.439 e. The summed E-state index contributed by atoms with van der Waals surface area (Å²) < 4.78 is 5.90. The Hall–Kier alpha value is -2.89. The van der Waals surface area contributed by atoms with Gasteiger partial charge in [0.25, 0.3) is 5.91 Å². The summed E-state index contributed by atoms with van der Waals surface area (Å²) in [7, 11) is 0. The molecule has 0 N–H and O–H groups in total. The molecule has 2 saturated heterocycles. The average molecular weight is 476 g/mol. The summed E-state index contributed by atoms with van der Waals surface area (Å²) in [6.07, 6.45) is 6.31. The van der Waals surface area contributed by atoms with Gasteiger partial charge in [-0.25, -0.2) is 4.98 Å². The largest absolute Gasteiger partial charge is 0.439 e. The molecule has 6 heteroatoms. The van der Waals surface area contributed by atoms with Crippen molar-refractivity contribution in [3.63, 3.8) is 0 Å². The first-order chi connectivity index (χ1) is 16.6. The molecule has 0 saturated carbocycles. The number of carbonyl (C=O) groups is 1. The van der Waals surface area contributed by atoms with E-state index in [0.717, 1.165) is 56.9 Å². The number of piperidine rings is 2. The first-order valence-electron chi connectivity index (χ1n) is 12.0. The van der Waals surface area contributed by atoms with Gasteiger partial charge in [-0.15, -0.1) is 0 Å². The molecular weight excluding hydrogens is 446 g/mol. The van der Waals surface area contributed by atoms with E-state index in [0.29, 0.717) is 16.3 Å². The zero-order chi connectivity index (χ0) is 23.4. The molecule has 0 bridgehead atoms. The van der Waals surface area contributed by atoms with Crippen LogP contribution in [0.4, 0.5) is 0 Å². The van der Waals surface area contributed by atoms with E-state index in [4.69, 9.17) is 16.3 Å². The number of nitrogens with zero attached hydrogens (tertiary/aromatic N) is 3. The van der Waals surface area contributed by atoms with Crippen molar-refractivity contribution in [2.24, 2.45) is 5.41 Å². The van der Waals surface area contributed by atoms with Gasteiger partial charge in [0.15, 0.2) is 0 Å². The molecule has 1 aromatic heterocycles. The summed E-state index contributed by atoms with van der Waals surface area (Å²) in [4.78, 5) is 21.6. The van der Waals surface area contributed by atoms with E-state index < -0.39 is 0 Å². The van der Waals surface area contributed by atoms with Gasteiger partial charge < -0.3 is 9.64 Å². The van der Waals surface area contributed by atoms with Crippen molar-refractivity contribution in [2.45, 2.75) is 32.2 Å². The van der Waals surface area contributed by atoms with Crippen LogP contribution in [0.25, 0.3) is 0 Å². The molecular formula is C28H30ClN3O2. The van der Waals surface area contributed by atoms with Crippen LogP contribution in [0.15, 0.2) is 72.9 Å². The molecule has 3 heterocycles. The van der Waals surface area contributed by atoms with Crippen LogP contribution < -0.4 is 4.74 Å². The van der Waals surface area contributed by atoms with Crippen LogP contribution >= 0.6 is 11.6 Å². The van der Waals surface area contributed by atoms with E-state index in [-0.39, 0.29) is 5.91 Å². The van der Waals surface area contributed by atoms with Crippen LogP contribution in [0.1, 0.15) is 41.6 Å². The van der Waals surface area contributed by atoms with Crippen LogP contribution in [-0.2, 0) is 6.54 Å². The van der Waals surface area contributed by atoms with Gasteiger partial charge in [-0.05, 0) is 92.2 Å². The predicted molar refractivity (Wildman–Crippen MR) is 134 cm³/mol. The first kappa shape index (κ1) is 22.9. The van der Waals surface area contributed by atoms with Gasteiger partial charge in [-0.3, -0.25) is 9.69 Å². The van der Waals surface area contributed by atoms with Crippen molar-refractivity contribution >= 4 is 17.5 Å². The van der Waals surface area contributed by atoms with Gasteiger partial charge in [0.2, 0.25) is 5.88 Å². The fraction of sp³-hybridized carbons (Fsp3) is 0.357. The highest BCUT2D eigenvalue weighted by atomic mass is 35.5. The Labute approximate surface area is 206 Å². The molecule has 5 rings (SSSR count). The fourth-order valence-corrected chi connectivity index (χ4v) is 5.26. The highest BCUT2D eigenvalue weighted by Crippen LogP contribution is 2.41. The van der Waals surface area contributed by atoms with Crippen molar-refractivity contribution < 1.29 is 9.53 Å². The SMILES string of the molecule is O=C(c1ccc(Cl)cc1)N1CCC2(CCN(Cc3cccc(Oc4ccccn4)c3)CC2)CC1. The Kier molecular flexibility index (Phi) is 6.84. The molecule has 3 aromatic rings. The fourth-order valence-electron chi connectivity index (χ4n) is 5.14. The number of carbonyl (C=O) groups excluding carboxylic acids is 1. The molecule has 2 aliphatic rings. The lowest BCUT2D eigenvalue weighted by atomic mass is 9.71. The Morgan fingerprint density at radius 2 is 1.65 bits per heavy atom. The maximum Gasteiger partial charge on any atom is 0.253 e. The zero-order valence-corrected chi connectivity index (χ0v) is 20.1. The maximum absolute atomic E-state index is 12.8. The van der Waals surface area contributed by atoms with Gasteiger partial charge in [0, 0.05) is 42.5 Å². The van der Waals surface area contributed by atoms with Crippen molar-refractivity contribution in [1.29, 1.82) is 0 Å². The number of likely N-dealkylation sites (tertiary alicyclic amines) is 2. The lowest BCUT2D eigenvalue weighted by Crippen LogP contribution is -2.48. The highest BCUT2D eigenvalue weighted by molar-refractivity contribution is 6.30.